The Bertz CT molecular complexity index is 1380. The quantitative estimate of drug-likeness (QED) is 0.534. The van der Waals surface area contributed by atoms with Gasteiger partial charge in [0.25, 0.3) is 0 Å². The Hall–Kier alpha value is -2.27. The number of rotatable bonds is 6. The molecule has 0 spiro atoms. The van der Waals surface area contributed by atoms with E-state index in [1.54, 1.807) is 0 Å². The van der Waals surface area contributed by atoms with E-state index in [2.05, 4.69) is 15.8 Å². The minimum atomic E-state index is -3.70. The number of aromatic nitrogens is 2. The first-order chi connectivity index (χ1) is 16.2. The maximum Gasteiger partial charge on any atom is 0.243 e. The summed E-state index contributed by atoms with van der Waals surface area (Å²) in [7, 11) is -7.35. The highest BCUT2D eigenvalue weighted by atomic mass is 32.2. The van der Waals surface area contributed by atoms with Gasteiger partial charge >= 0.3 is 0 Å². The minimum absolute atomic E-state index is 0.0366. The van der Waals surface area contributed by atoms with Crippen LogP contribution in [-0.4, -0.2) is 50.2 Å². The predicted octanol–water partition coefficient (Wildman–Crippen LogP) is 3.66. The second kappa shape index (κ2) is 9.07. The molecule has 1 saturated heterocycles. The van der Waals surface area contributed by atoms with Gasteiger partial charge in [0.1, 0.15) is 5.82 Å². The van der Waals surface area contributed by atoms with Crippen molar-refractivity contribution < 1.29 is 16.8 Å². The largest absolute Gasteiger partial charge is 0.342 e. The Morgan fingerprint density at radius 1 is 0.912 bits per heavy atom. The van der Waals surface area contributed by atoms with Crippen molar-refractivity contribution in [1.29, 1.82) is 0 Å². The lowest BCUT2D eigenvalue weighted by atomic mass is 9.97. The summed E-state index contributed by atoms with van der Waals surface area (Å²) < 4.78 is 55.8. The predicted molar refractivity (Wildman–Crippen MR) is 131 cm³/mol. The lowest BCUT2D eigenvalue weighted by Gasteiger charge is -2.30. The third-order valence-electron chi connectivity index (χ3n) is 6.95. The second-order valence-corrected chi connectivity index (χ2v) is 13.0. The molecule has 1 saturated carbocycles. The molecule has 0 amide bonds. The van der Waals surface area contributed by atoms with Gasteiger partial charge in [-0.1, -0.05) is 18.9 Å². The molecule has 2 fully saturated rings. The zero-order valence-corrected chi connectivity index (χ0v) is 20.8. The summed E-state index contributed by atoms with van der Waals surface area (Å²) in [5, 5.41) is 0. The SMILES string of the molecule is Cc1ccc2nc(C3CCN(S(=O)(=O)c4ccc(S(=O)(=O)NC5CCCC5)cc4)CC3)[nH]c2c1. The van der Waals surface area contributed by atoms with Gasteiger partial charge in [0.15, 0.2) is 0 Å². The van der Waals surface area contributed by atoms with E-state index in [-0.39, 0.29) is 21.8 Å². The molecule has 1 aromatic heterocycles. The zero-order valence-electron chi connectivity index (χ0n) is 19.2. The fourth-order valence-corrected chi connectivity index (χ4v) is 7.75. The van der Waals surface area contributed by atoms with Gasteiger partial charge in [0.2, 0.25) is 20.0 Å². The Balaban J connectivity index is 1.26. The van der Waals surface area contributed by atoms with Crippen molar-refractivity contribution in [3.05, 3.63) is 53.9 Å². The first-order valence-corrected chi connectivity index (χ1v) is 14.7. The van der Waals surface area contributed by atoms with Crippen LogP contribution in [0.25, 0.3) is 11.0 Å². The Morgan fingerprint density at radius 2 is 1.56 bits per heavy atom. The average Bonchev–Trinajstić information content (AvgIpc) is 3.48. The van der Waals surface area contributed by atoms with Gasteiger partial charge in [-0.05, 0) is 74.6 Å². The van der Waals surface area contributed by atoms with Crippen LogP contribution in [0.3, 0.4) is 0 Å². The van der Waals surface area contributed by atoms with Crippen LogP contribution in [0.1, 0.15) is 55.8 Å². The van der Waals surface area contributed by atoms with Crippen molar-refractivity contribution in [1.82, 2.24) is 19.0 Å². The van der Waals surface area contributed by atoms with E-state index in [1.807, 2.05) is 19.1 Å². The van der Waals surface area contributed by atoms with Crippen molar-refractivity contribution in [2.45, 2.75) is 67.2 Å². The first kappa shape index (κ1) is 23.5. The smallest absolute Gasteiger partial charge is 0.243 e. The number of aryl methyl sites for hydroxylation is 1. The Labute approximate surface area is 200 Å². The molecule has 2 heterocycles. The van der Waals surface area contributed by atoms with Crippen LogP contribution in [0.5, 0.6) is 0 Å². The van der Waals surface area contributed by atoms with E-state index >= 15 is 0 Å². The average molecular weight is 503 g/mol. The summed E-state index contributed by atoms with van der Waals surface area (Å²) in [6.45, 7) is 2.83. The molecule has 1 aliphatic heterocycles. The summed E-state index contributed by atoms with van der Waals surface area (Å²) in [6, 6.07) is 11.6. The molecule has 2 aromatic carbocycles. The highest BCUT2D eigenvalue weighted by Crippen LogP contribution is 2.31. The van der Waals surface area contributed by atoms with Crippen molar-refractivity contribution in [3.8, 4) is 0 Å². The maximum absolute atomic E-state index is 13.2. The van der Waals surface area contributed by atoms with E-state index < -0.39 is 20.0 Å². The van der Waals surface area contributed by atoms with Gasteiger partial charge < -0.3 is 4.98 Å². The van der Waals surface area contributed by atoms with Crippen LogP contribution >= 0.6 is 0 Å². The van der Waals surface area contributed by atoms with Crippen LogP contribution in [0.2, 0.25) is 0 Å². The molecule has 0 bridgehead atoms. The van der Waals surface area contributed by atoms with E-state index in [0.717, 1.165) is 48.1 Å². The van der Waals surface area contributed by atoms with Gasteiger partial charge in [-0.2, -0.15) is 4.31 Å². The van der Waals surface area contributed by atoms with Gasteiger partial charge in [0, 0.05) is 25.0 Å². The molecule has 3 aromatic rings. The number of piperidine rings is 1. The van der Waals surface area contributed by atoms with Crippen molar-refractivity contribution in [2.75, 3.05) is 13.1 Å². The molecule has 182 valence electrons. The summed E-state index contributed by atoms with van der Waals surface area (Å²) >= 11 is 0. The van der Waals surface area contributed by atoms with Gasteiger partial charge in [-0.15, -0.1) is 0 Å². The molecule has 34 heavy (non-hydrogen) atoms. The second-order valence-electron chi connectivity index (χ2n) is 9.40. The Kier molecular flexibility index (Phi) is 6.26. The van der Waals surface area contributed by atoms with Gasteiger partial charge in [0.05, 0.1) is 20.8 Å². The molecule has 10 heteroatoms. The maximum atomic E-state index is 13.2. The number of nitrogens with zero attached hydrogens (tertiary/aromatic N) is 2. The number of benzene rings is 2. The van der Waals surface area contributed by atoms with Crippen molar-refractivity contribution in [2.24, 2.45) is 0 Å². The number of hydrogen-bond acceptors (Lipinski definition) is 5. The van der Waals surface area contributed by atoms with E-state index in [4.69, 9.17) is 4.98 Å². The molecule has 2 aliphatic rings. The summed E-state index contributed by atoms with van der Waals surface area (Å²) in [5.74, 6) is 1.08. The third-order valence-corrected chi connectivity index (χ3v) is 10.4. The highest BCUT2D eigenvalue weighted by molar-refractivity contribution is 7.89. The number of H-pyrrole nitrogens is 1. The molecule has 8 nitrogen and oxygen atoms in total. The van der Waals surface area contributed by atoms with E-state index in [0.29, 0.717) is 25.9 Å². The summed E-state index contributed by atoms with van der Waals surface area (Å²) in [5.41, 5.74) is 3.09. The van der Waals surface area contributed by atoms with E-state index in [1.165, 1.54) is 28.6 Å². The molecular weight excluding hydrogens is 472 g/mol. The minimum Gasteiger partial charge on any atom is -0.342 e. The molecule has 0 atom stereocenters. The molecule has 5 rings (SSSR count). The van der Waals surface area contributed by atoms with Crippen molar-refractivity contribution >= 4 is 31.1 Å². The fourth-order valence-electron chi connectivity index (χ4n) is 4.98. The van der Waals surface area contributed by atoms with E-state index in [9.17, 15) is 16.8 Å². The first-order valence-electron chi connectivity index (χ1n) is 11.8. The number of aromatic amines is 1. The number of sulfonamides is 2. The number of nitrogens with one attached hydrogen (secondary N) is 2. The molecule has 2 N–H and O–H groups in total. The van der Waals surface area contributed by atoms with Crippen LogP contribution in [0.4, 0.5) is 0 Å². The van der Waals surface area contributed by atoms with Gasteiger partial charge in [-0.25, -0.2) is 26.5 Å². The number of fused-ring (bicyclic) bond motifs is 1. The normalized spacial score (nSPS) is 19.2. The lowest BCUT2D eigenvalue weighted by Crippen LogP contribution is -2.38. The van der Waals surface area contributed by atoms with Gasteiger partial charge in [-0.3, -0.25) is 0 Å². The fraction of sp³-hybridized carbons (Fsp3) is 0.458. The molecule has 0 radical (unpaired) electrons. The lowest BCUT2D eigenvalue weighted by molar-refractivity contribution is 0.314. The molecule has 1 aliphatic carbocycles. The number of hydrogen-bond donors (Lipinski definition) is 2. The zero-order chi connectivity index (χ0) is 23.9. The van der Waals surface area contributed by atoms with Crippen LogP contribution in [0, 0.1) is 6.92 Å². The topological polar surface area (TPSA) is 112 Å². The highest BCUT2D eigenvalue weighted by Gasteiger charge is 2.31. The summed E-state index contributed by atoms with van der Waals surface area (Å²) in [4.78, 5) is 8.31. The third kappa shape index (κ3) is 4.64. The van der Waals surface area contributed by atoms with Crippen molar-refractivity contribution in [3.63, 3.8) is 0 Å². The number of imidazole rings is 1. The summed E-state index contributed by atoms with van der Waals surface area (Å²) in [6.07, 6.45) is 5.09. The van der Waals surface area contributed by atoms with Crippen LogP contribution in [0.15, 0.2) is 52.3 Å². The van der Waals surface area contributed by atoms with Crippen LogP contribution < -0.4 is 4.72 Å². The van der Waals surface area contributed by atoms with Crippen LogP contribution in [-0.2, 0) is 20.0 Å². The molecule has 0 unspecified atom stereocenters. The standard InChI is InChI=1S/C24H30N4O4S2/c1-17-6-11-22-23(16-17)26-24(25-22)18-12-14-28(15-13-18)34(31,32)21-9-7-20(8-10-21)33(29,30)27-19-4-2-3-5-19/h6-11,16,18-19,27H,2-5,12-15H2,1H3,(H,25,26). The molecular formula is C24H30N4O4S2. The Morgan fingerprint density at radius 3 is 2.24 bits per heavy atom. The monoisotopic (exact) mass is 502 g/mol.